The van der Waals surface area contributed by atoms with Gasteiger partial charge < -0.3 is 14.8 Å². The van der Waals surface area contributed by atoms with Crippen molar-refractivity contribution in [2.45, 2.75) is 20.0 Å². The van der Waals surface area contributed by atoms with Crippen LogP contribution in [0.4, 0.5) is 5.69 Å². The van der Waals surface area contributed by atoms with E-state index in [-0.39, 0.29) is 0 Å². The highest BCUT2D eigenvalue weighted by molar-refractivity contribution is 5.99. The maximum atomic E-state index is 12.4. The van der Waals surface area contributed by atoms with E-state index < -0.39 is 18.0 Å². The molecule has 27 heavy (non-hydrogen) atoms. The van der Waals surface area contributed by atoms with E-state index in [1.165, 1.54) is 6.92 Å². The molecule has 0 fully saturated rings. The maximum Gasteiger partial charge on any atom is 0.338 e. The average molecular weight is 363 g/mol. The van der Waals surface area contributed by atoms with E-state index in [0.717, 1.165) is 10.8 Å². The van der Waals surface area contributed by atoms with Crippen molar-refractivity contribution in [2.24, 2.45) is 0 Å². The number of rotatable bonds is 6. The molecule has 1 N–H and O–H groups in total. The normalized spacial score (nSPS) is 11.6. The summed E-state index contributed by atoms with van der Waals surface area (Å²) < 4.78 is 10.8. The molecule has 0 aromatic heterocycles. The van der Waals surface area contributed by atoms with Crippen LogP contribution in [0.25, 0.3) is 10.8 Å². The van der Waals surface area contributed by atoms with Gasteiger partial charge in [-0.15, -0.1) is 0 Å². The van der Waals surface area contributed by atoms with Crippen molar-refractivity contribution in [2.75, 3.05) is 11.9 Å². The number of hydrogen-bond donors (Lipinski definition) is 1. The van der Waals surface area contributed by atoms with Gasteiger partial charge in [0.2, 0.25) is 0 Å². The number of hydrogen-bond acceptors (Lipinski definition) is 4. The van der Waals surface area contributed by atoms with Crippen molar-refractivity contribution in [3.63, 3.8) is 0 Å². The highest BCUT2D eigenvalue weighted by atomic mass is 16.5. The lowest BCUT2D eigenvalue weighted by molar-refractivity contribution is -0.123. The minimum atomic E-state index is -0.946. The van der Waals surface area contributed by atoms with E-state index in [2.05, 4.69) is 5.32 Å². The minimum Gasteiger partial charge on any atom is -0.492 e. The van der Waals surface area contributed by atoms with E-state index in [9.17, 15) is 9.59 Å². The zero-order valence-corrected chi connectivity index (χ0v) is 15.3. The van der Waals surface area contributed by atoms with Crippen LogP contribution in [0.3, 0.4) is 0 Å². The predicted octanol–water partition coefficient (Wildman–Crippen LogP) is 4.42. The molecule has 0 radical (unpaired) electrons. The SMILES string of the molecule is CCOc1ccccc1NC(=O)C(C)OC(=O)c1ccc2ccccc2c1. The summed E-state index contributed by atoms with van der Waals surface area (Å²) in [5.41, 5.74) is 0.945. The summed E-state index contributed by atoms with van der Waals surface area (Å²) in [6, 6.07) is 20.2. The number of carbonyl (C=O) groups excluding carboxylic acids is 2. The predicted molar refractivity (Wildman–Crippen MR) is 105 cm³/mol. The molecule has 0 bridgehead atoms. The van der Waals surface area contributed by atoms with Gasteiger partial charge in [0.05, 0.1) is 17.9 Å². The van der Waals surface area contributed by atoms with Crippen molar-refractivity contribution < 1.29 is 19.1 Å². The van der Waals surface area contributed by atoms with Crippen LogP contribution < -0.4 is 10.1 Å². The first-order valence-corrected chi connectivity index (χ1v) is 8.81. The Morgan fingerprint density at radius 1 is 0.963 bits per heavy atom. The first-order chi connectivity index (χ1) is 13.1. The molecule has 138 valence electrons. The molecular formula is C22H21NO4. The first kappa shape index (κ1) is 18.5. The molecule has 5 nitrogen and oxygen atoms in total. The number of nitrogens with one attached hydrogen (secondary N) is 1. The van der Waals surface area contributed by atoms with Crippen LogP contribution >= 0.6 is 0 Å². The smallest absolute Gasteiger partial charge is 0.338 e. The number of benzene rings is 3. The van der Waals surface area contributed by atoms with E-state index in [0.29, 0.717) is 23.6 Å². The summed E-state index contributed by atoms with van der Waals surface area (Å²) in [6.07, 6.45) is -0.946. The van der Waals surface area contributed by atoms with Crippen LogP contribution in [0.5, 0.6) is 5.75 Å². The summed E-state index contributed by atoms with van der Waals surface area (Å²) in [6.45, 7) is 3.89. The standard InChI is InChI=1S/C22H21NO4/c1-3-26-20-11-7-6-10-19(20)23-21(24)15(2)27-22(25)18-13-12-16-8-4-5-9-17(16)14-18/h4-15H,3H2,1-2H3,(H,23,24). The van der Waals surface area contributed by atoms with Crippen LogP contribution in [-0.4, -0.2) is 24.6 Å². The number of amides is 1. The number of para-hydroxylation sites is 2. The van der Waals surface area contributed by atoms with Crippen molar-refractivity contribution in [3.05, 3.63) is 72.3 Å². The van der Waals surface area contributed by atoms with Gasteiger partial charge in [0.15, 0.2) is 6.10 Å². The van der Waals surface area contributed by atoms with Gasteiger partial charge >= 0.3 is 5.97 Å². The van der Waals surface area contributed by atoms with Crippen molar-refractivity contribution in [1.82, 2.24) is 0 Å². The Morgan fingerprint density at radius 2 is 1.67 bits per heavy atom. The number of esters is 1. The highest BCUT2D eigenvalue weighted by Crippen LogP contribution is 2.24. The summed E-state index contributed by atoms with van der Waals surface area (Å²) in [4.78, 5) is 24.8. The van der Waals surface area contributed by atoms with Gasteiger partial charge in [-0.25, -0.2) is 4.79 Å². The van der Waals surface area contributed by atoms with Crippen molar-refractivity contribution in [1.29, 1.82) is 0 Å². The molecule has 0 saturated carbocycles. The lowest BCUT2D eigenvalue weighted by atomic mass is 10.1. The number of fused-ring (bicyclic) bond motifs is 1. The second-order valence-corrected chi connectivity index (χ2v) is 6.03. The van der Waals surface area contributed by atoms with E-state index >= 15 is 0 Å². The molecule has 0 spiro atoms. The fourth-order valence-electron chi connectivity index (χ4n) is 2.68. The zero-order chi connectivity index (χ0) is 19.2. The Labute approximate surface area is 157 Å². The third-order valence-corrected chi connectivity index (χ3v) is 4.08. The van der Waals surface area contributed by atoms with Gasteiger partial charge in [0.1, 0.15) is 5.75 Å². The van der Waals surface area contributed by atoms with Crippen LogP contribution in [0, 0.1) is 0 Å². The molecule has 0 saturated heterocycles. The zero-order valence-electron chi connectivity index (χ0n) is 15.3. The largest absolute Gasteiger partial charge is 0.492 e. The molecule has 0 aliphatic heterocycles. The Morgan fingerprint density at radius 3 is 2.44 bits per heavy atom. The Bertz CT molecular complexity index is 967. The van der Waals surface area contributed by atoms with Crippen LogP contribution in [0.2, 0.25) is 0 Å². The quantitative estimate of drug-likeness (QED) is 0.658. The molecule has 5 heteroatoms. The first-order valence-electron chi connectivity index (χ1n) is 8.81. The van der Waals surface area contributed by atoms with Crippen molar-refractivity contribution >= 4 is 28.3 Å². The molecule has 3 rings (SSSR count). The summed E-state index contributed by atoms with van der Waals surface area (Å²) >= 11 is 0. The summed E-state index contributed by atoms with van der Waals surface area (Å²) in [5.74, 6) is -0.390. The van der Waals surface area contributed by atoms with Gasteiger partial charge in [-0.2, -0.15) is 0 Å². The Kier molecular flexibility index (Phi) is 5.71. The number of carbonyl (C=O) groups is 2. The molecule has 0 aliphatic rings. The summed E-state index contributed by atoms with van der Waals surface area (Å²) in [5, 5.41) is 4.71. The fourth-order valence-corrected chi connectivity index (χ4v) is 2.68. The molecule has 1 amide bonds. The van der Waals surface area contributed by atoms with E-state index in [4.69, 9.17) is 9.47 Å². The van der Waals surface area contributed by atoms with E-state index in [1.54, 1.807) is 30.3 Å². The second-order valence-electron chi connectivity index (χ2n) is 6.03. The van der Waals surface area contributed by atoms with E-state index in [1.807, 2.05) is 43.3 Å². The fraction of sp³-hybridized carbons (Fsp3) is 0.182. The summed E-state index contributed by atoms with van der Waals surface area (Å²) in [7, 11) is 0. The average Bonchev–Trinajstić information content (AvgIpc) is 2.69. The molecule has 3 aromatic carbocycles. The third kappa shape index (κ3) is 4.44. The number of ether oxygens (including phenoxy) is 2. The van der Waals surface area contributed by atoms with Crippen LogP contribution in [0.1, 0.15) is 24.2 Å². The van der Waals surface area contributed by atoms with Gasteiger partial charge in [-0.3, -0.25) is 4.79 Å². The monoisotopic (exact) mass is 363 g/mol. The maximum absolute atomic E-state index is 12.4. The molecule has 1 unspecified atom stereocenters. The minimum absolute atomic E-state index is 0.406. The topological polar surface area (TPSA) is 64.6 Å². The molecule has 3 aromatic rings. The van der Waals surface area contributed by atoms with Gasteiger partial charge in [-0.1, -0.05) is 42.5 Å². The second kappa shape index (κ2) is 8.36. The highest BCUT2D eigenvalue weighted by Gasteiger charge is 2.20. The van der Waals surface area contributed by atoms with Gasteiger partial charge in [0, 0.05) is 0 Å². The molecule has 0 heterocycles. The van der Waals surface area contributed by atoms with Crippen LogP contribution in [0.15, 0.2) is 66.7 Å². The lowest BCUT2D eigenvalue weighted by Gasteiger charge is -2.15. The van der Waals surface area contributed by atoms with Crippen LogP contribution in [-0.2, 0) is 9.53 Å². The third-order valence-electron chi connectivity index (χ3n) is 4.08. The number of anilines is 1. The van der Waals surface area contributed by atoms with Gasteiger partial charge in [-0.05, 0) is 48.9 Å². The molecule has 1 atom stereocenters. The van der Waals surface area contributed by atoms with Crippen molar-refractivity contribution in [3.8, 4) is 5.75 Å². The lowest BCUT2D eigenvalue weighted by Crippen LogP contribution is -2.30. The molecular weight excluding hydrogens is 342 g/mol. The van der Waals surface area contributed by atoms with Gasteiger partial charge in [0.25, 0.3) is 5.91 Å². The Hall–Kier alpha value is -3.34. The molecule has 0 aliphatic carbocycles. The Balaban J connectivity index is 1.67.